The highest BCUT2D eigenvalue weighted by Crippen LogP contribution is 2.13. The van der Waals surface area contributed by atoms with Gasteiger partial charge >= 0.3 is 0 Å². The lowest BCUT2D eigenvalue weighted by atomic mass is 10.1. The standard InChI is InChI=1S/C9H18N4/c10-12-8-6-4-2-1-3-5-7-9(8)13-11/h1-7,10-11H2/b12-8-,13-9-. The molecule has 0 heterocycles. The van der Waals surface area contributed by atoms with Crippen LogP contribution in [-0.4, -0.2) is 11.4 Å². The van der Waals surface area contributed by atoms with E-state index in [-0.39, 0.29) is 0 Å². The first-order valence-corrected chi connectivity index (χ1v) is 4.92. The SMILES string of the molecule is N/N=C1/CCCCCCC/C1=N/N. The van der Waals surface area contributed by atoms with Crippen molar-refractivity contribution in [2.24, 2.45) is 21.9 Å². The molecule has 1 aliphatic rings. The maximum absolute atomic E-state index is 5.29. The quantitative estimate of drug-likeness (QED) is 0.438. The van der Waals surface area contributed by atoms with E-state index in [9.17, 15) is 0 Å². The molecule has 13 heavy (non-hydrogen) atoms. The molecule has 4 heteroatoms. The lowest BCUT2D eigenvalue weighted by Gasteiger charge is -2.04. The van der Waals surface area contributed by atoms with Crippen LogP contribution in [0.2, 0.25) is 0 Å². The van der Waals surface area contributed by atoms with Gasteiger partial charge in [0.2, 0.25) is 0 Å². The van der Waals surface area contributed by atoms with Gasteiger partial charge in [-0.2, -0.15) is 10.2 Å². The third-order valence-corrected chi connectivity index (χ3v) is 2.47. The van der Waals surface area contributed by atoms with Crippen molar-refractivity contribution in [3.05, 3.63) is 0 Å². The predicted octanol–water partition coefficient (Wildman–Crippen LogP) is 1.36. The minimum absolute atomic E-state index is 0.893. The normalized spacial score (nSPS) is 26.8. The van der Waals surface area contributed by atoms with Gasteiger partial charge in [0.1, 0.15) is 0 Å². The van der Waals surface area contributed by atoms with E-state index in [1.165, 1.54) is 19.3 Å². The second-order valence-corrected chi connectivity index (χ2v) is 3.42. The topological polar surface area (TPSA) is 76.8 Å². The average molecular weight is 182 g/mol. The van der Waals surface area contributed by atoms with Crippen LogP contribution in [0, 0.1) is 0 Å². The Balaban J connectivity index is 2.64. The van der Waals surface area contributed by atoms with E-state index in [0.29, 0.717) is 0 Å². The first-order valence-electron chi connectivity index (χ1n) is 4.92. The molecule has 1 rings (SSSR count). The van der Waals surface area contributed by atoms with Crippen LogP contribution in [0.5, 0.6) is 0 Å². The van der Waals surface area contributed by atoms with Crippen LogP contribution in [0.4, 0.5) is 0 Å². The Hall–Kier alpha value is -1.06. The van der Waals surface area contributed by atoms with Gasteiger partial charge in [-0.05, 0) is 25.7 Å². The lowest BCUT2D eigenvalue weighted by molar-refractivity contribution is 0.639. The number of hydrogen-bond acceptors (Lipinski definition) is 4. The summed E-state index contributed by atoms with van der Waals surface area (Å²) in [5, 5.41) is 7.50. The van der Waals surface area contributed by atoms with Crippen LogP contribution >= 0.6 is 0 Å². The highest BCUT2D eigenvalue weighted by molar-refractivity contribution is 6.42. The van der Waals surface area contributed by atoms with Gasteiger partial charge in [0.05, 0.1) is 11.4 Å². The molecule has 0 atom stereocenters. The first kappa shape index (κ1) is 10.0. The summed E-state index contributed by atoms with van der Waals surface area (Å²) in [7, 11) is 0. The number of nitrogens with zero attached hydrogens (tertiary/aromatic N) is 2. The van der Waals surface area contributed by atoms with Crippen LogP contribution in [0.25, 0.3) is 0 Å². The largest absolute Gasteiger partial charge is 0.323 e. The minimum Gasteiger partial charge on any atom is -0.323 e. The molecule has 4 nitrogen and oxygen atoms in total. The molecule has 74 valence electrons. The van der Waals surface area contributed by atoms with Crippen molar-refractivity contribution in [1.29, 1.82) is 0 Å². The van der Waals surface area contributed by atoms with Crippen molar-refractivity contribution in [2.75, 3.05) is 0 Å². The van der Waals surface area contributed by atoms with Gasteiger partial charge in [-0.25, -0.2) is 0 Å². The van der Waals surface area contributed by atoms with Crippen molar-refractivity contribution in [1.82, 2.24) is 0 Å². The van der Waals surface area contributed by atoms with E-state index in [0.717, 1.165) is 37.1 Å². The van der Waals surface area contributed by atoms with Gasteiger partial charge in [-0.3, -0.25) is 0 Å². The van der Waals surface area contributed by atoms with E-state index in [2.05, 4.69) is 10.2 Å². The zero-order chi connectivity index (χ0) is 9.52. The van der Waals surface area contributed by atoms with E-state index in [4.69, 9.17) is 11.7 Å². The lowest BCUT2D eigenvalue weighted by Crippen LogP contribution is -2.17. The van der Waals surface area contributed by atoms with E-state index >= 15 is 0 Å². The molecule has 0 aliphatic heterocycles. The third-order valence-electron chi connectivity index (χ3n) is 2.47. The summed E-state index contributed by atoms with van der Waals surface area (Å²) >= 11 is 0. The average Bonchev–Trinajstić information content (AvgIpc) is 2.28. The van der Waals surface area contributed by atoms with E-state index in [1.54, 1.807) is 0 Å². The Bertz CT molecular complexity index is 186. The van der Waals surface area contributed by atoms with Crippen LogP contribution in [-0.2, 0) is 0 Å². The molecule has 0 saturated heterocycles. The molecule has 0 amide bonds. The number of hydrazone groups is 2. The Labute approximate surface area is 79.1 Å². The predicted molar refractivity (Wildman–Crippen MR) is 55.6 cm³/mol. The van der Waals surface area contributed by atoms with Crippen LogP contribution in [0.15, 0.2) is 10.2 Å². The van der Waals surface area contributed by atoms with Gasteiger partial charge in [0.15, 0.2) is 0 Å². The van der Waals surface area contributed by atoms with Gasteiger partial charge in [0, 0.05) is 0 Å². The molecule has 4 N–H and O–H groups in total. The van der Waals surface area contributed by atoms with Gasteiger partial charge < -0.3 is 11.7 Å². The van der Waals surface area contributed by atoms with Crippen molar-refractivity contribution in [2.45, 2.75) is 44.9 Å². The zero-order valence-electron chi connectivity index (χ0n) is 8.00. The van der Waals surface area contributed by atoms with Crippen LogP contribution in [0.1, 0.15) is 44.9 Å². The molecule has 1 aliphatic carbocycles. The highest BCUT2D eigenvalue weighted by Gasteiger charge is 2.10. The van der Waals surface area contributed by atoms with Gasteiger partial charge in [-0.1, -0.05) is 19.3 Å². The van der Waals surface area contributed by atoms with Crippen molar-refractivity contribution in [3.8, 4) is 0 Å². The number of rotatable bonds is 0. The summed E-state index contributed by atoms with van der Waals surface area (Å²) in [5.41, 5.74) is 1.79. The molecular weight excluding hydrogens is 164 g/mol. The van der Waals surface area contributed by atoms with Gasteiger partial charge in [0.25, 0.3) is 0 Å². The molecule has 0 aromatic rings. The number of hydrogen-bond donors (Lipinski definition) is 2. The Morgan fingerprint density at radius 3 is 1.46 bits per heavy atom. The molecule has 0 aromatic heterocycles. The van der Waals surface area contributed by atoms with E-state index < -0.39 is 0 Å². The molecule has 0 spiro atoms. The smallest absolute Gasteiger partial charge is 0.0832 e. The molecule has 0 aromatic carbocycles. The second kappa shape index (κ2) is 5.56. The zero-order valence-corrected chi connectivity index (χ0v) is 8.00. The molecular formula is C9H18N4. The summed E-state index contributed by atoms with van der Waals surface area (Å²) in [6.45, 7) is 0. The second-order valence-electron chi connectivity index (χ2n) is 3.42. The third kappa shape index (κ3) is 3.05. The fourth-order valence-electron chi connectivity index (χ4n) is 1.68. The maximum Gasteiger partial charge on any atom is 0.0832 e. The summed E-state index contributed by atoms with van der Waals surface area (Å²) < 4.78 is 0. The van der Waals surface area contributed by atoms with Crippen LogP contribution < -0.4 is 11.7 Å². The molecule has 0 unspecified atom stereocenters. The van der Waals surface area contributed by atoms with Crippen molar-refractivity contribution in [3.63, 3.8) is 0 Å². The number of nitrogens with two attached hydrogens (primary N) is 2. The summed E-state index contributed by atoms with van der Waals surface area (Å²) in [4.78, 5) is 0. The molecule has 1 saturated carbocycles. The van der Waals surface area contributed by atoms with Gasteiger partial charge in [-0.15, -0.1) is 0 Å². The Morgan fingerprint density at radius 2 is 1.08 bits per heavy atom. The Kier molecular flexibility index (Phi) is 4.29. The molecule has 0 radical (unpaired) electrons. The highest BCUT2D eigenvalue weighted by atomic mass is 15.2. The maximum atomic E-state index is 5.29. The van der Waals surface area contributed by atoms with Crippen molar-refractivity contribution < 1.29 is 0 Å². The Morgan fingerprint density at radius 1 is 0.692 bits per heavy atom. The summed E-state index contributed by atoms with van der Waals surface area (Å²) in [6.07, 6.45) is 7.96. The fourth-order valence-corrected chi connectivity index (χ4v) is 1.68. The van der Waals surface area contributed by atoms with Crippen LogP contribution in [0.3, 0.4) is 0 Å². The summed E-state index contributed by atoms with van der Waals surface area (Å²) in [6, 6.07) is 0. The monoisotopic (exact) mass is 182 g/mol. The fraction of sp³-hybridized carbons (Fsp3) is 0.778. The molecule has 1 fully saturated rings. The van der Waals surface area contributed by atoms with E-state index in [1.807, 2.05) is 0 Å². The molecule has 0 bridgehead atoms. The summed E-state index contributed by atoms with van der Waals surface area (Å²) in [5.74, 6) is 10.6. The first-order chi connectivity index (χ1) is 6.38. The van der Waals surface area contributed by atoms with Crippen molar-refractivity contribution >= 4 is 11.4 Å². The minimum atomic E-state index is 0.893.